The number of nitrogens with one attached hydrogen (secondary N) is 1. The lowest BCUT2D eigenvalue weighted by Crippen LogP contribution is -2.28. The Labute approximate surface area is 208 Å². The number of carbonyl (C=O) groups excluding carboxylic acids is 2. The van der Waals surface area contributed by atoms with Crippen LogP contribution in [-0.4, -0.2) is 47.3 Å². The molecule has 1 unspecified atom stereocenters. The third kappa shape index (κ3) is 4.50. The molecular formula is C26H28FN5O4. The van der Waals surface area contributed by atoms with Crippen LogP contribution in [0, 0.1) is 11.7 Å². The summed E-state index contributed by atoms with van der Waals surface area (Å²) in [5.41, 5.74) is 1.25. The zero-order valence-electron chi connectivity index (χ0n) is 20.3. The molecule has 1 N–H and O–H groups in total. The summed E-state index contributed by atoms with van der Waals surface area (Å²) >= 11 is 0. The normalized spacial score (nSPS) is 17.5. The molecule has 2 aliphatic heterocycles. The minimum absolute atomic E-state index is 0.00515. The van der Waals surface area contributed by atoms with Gasteiger partial charge < -0.3 is 24.3 Å². The van der Waals surface area contributed by atoms with Gasteiger partial charge in [-0.05, 0) is 43.2 Å². The van der Waals surface area contributed by atoms with Crippen molar-refractivity contribution >= 4 is 23.2 Å². The topological polar surface area (TPSA) is 98.6 Å². The van der Waals surface area contributed by atoms with Gasteiger partial charge in [-0.1, -0.05) is 6.42 Å². The first-order valence-corrected chi connectivity index (χ1v) is 12.0. The van der Waals surface area contributed by atoms with Gasteiger partial charge in [0.2, 0.25) is 11.8 Å². The van der Waals surface area contributed by atoms with Crippen LogP contribution in [0.25, 0.3) is 11.4 Å². The largest absolute Gasteiger partial charge is 0.497 e. The Balaban J connectivity index is 1.35. The predicted molar refractivity (Wildman–Crippen MR) is 132 cm³/mol. The zero-order valence-corrected chi connectivity index (χ0v) is 20.3. The Kier molecular flexibility index (Phi) is 6.58. The van der Waals surface area contributed by atoms with E-state index in [1.807, 2.05) is 0 Å². The SMILES string of the molecule is COc1ccc(OC)c(N2CC(C(=O)Nc3cc(-c4nnc5n4CCCCC5)ccc3F)CC2=O)c1. The molecule has 2 aliphatic rings. The molecule has 10 heteroatoms. The lowest BCUT2D eigenvalue weighted by molar-refractivity contribution is -0.122. The van der Waals surface area contributed by atoms with E-state index in [0.29, 0.717) is 28.6 Å². The van der Waals surface area contributed by atoms with Crippen molar-refractivity contribution in [3.05, 3.63) is 48.0 Å². The van der Waals surface area contributed by atoms with Crippen molar-refractivity contribution in [1.82, 2.24) is 14.8 Å². The smallest absolute Gasteiger partial charge is 0.229 e. The quantitative estimate of drug-likeness (QED) is 0.561. The van der Waals surface area contributed by atoms with E-state index in [-0.39, 0.29) is 24.6 Å². The number of aryl methyl sites for hydroxylation is 1. The number of carbonyl (C=O) groups is 2. The number of ether oxygens (including phenoxy) is 2. The fraction of sp³-hybridized carbons (Fsp3) is 0.385. The second-order valence-corrected chi connectivity index (χ2v) is 9.03. The van der Waals surface area contributed by atoms with Gasteiger partial charge in [0.25, 0.3) is 0 Å². The molecule has 2 amide bonds. The molecule has 0 bridgehead atoms. The third-order valence-electron chi connectivity index (χ3n) is 6.76. The minimum Gasteiger partial charge on any atom is -0.497 e. The number of aromatic nitrogens is 3. The summed E-state index contributed by atoms with van der Waals surface area (Å²) in [7, 11) is 3.05. The average molecular weight is 494 g/mol. The lowest BCUT2D eigenvalue weighted by Gasteiger charge is -2.20. The third-order valence-corrected chi connectivity index (χ3v) is 6.76. The van der Waals surface area contributed by atoms with Crippen molar-refractivity contribution in [2.24, 2.45) is 5.92 Å². The summed E-state index contributed by atoms with van der Waals surface area (Å²) in [6.07, 6.45) is 4.11. The van der Waals surface area contributed by atoms with E-state index in [0.717, 1.165) is 38.1 Å². The summed E-state index contributed by atoms with van der Waals surface area (Å²) in [5.74, 6) is 0.794. The van der Waals surface area contributed by atoms with Crippen LogP contribution in [0.5, 0.6) is 11.5 Å². The molecule has 2 aromatic carbocycles. The lowest BCUT2D eigenvalue weighted by atomic mass is 10.1. The van der Waals surface area contributed by atoms with Gasteiger partial charge >= 0.3 is 0 Å². The van der Waals surface area contributed by atoms with Gasteiger partial charge in [0.15, 0.2) is 5.82 Å². The number of anilines is 2. The van der Waals surface area contributed by atoms with E-state index in [1.165, 1.54) is 25.2 Å². The molecule has 9 nitrogen and oxygen atoms in total. The molecule has 0 saturated carbocycles. The predicted octanol–water partition coefficient (Wildman–Crippen LogP) is 3.82. The standard InChI is InChI=1S/C26H28FN5O4/c1-35-18-8-10-22(36-2)21(14-18)32-15-17(13-24(32)33)26(34)28-20-12-16(7-9-19(20)27)25-30-29-23-6-4-3-5-11-31(23)25/h7-10,12,14,17H,3-6,11,13,15H2,1-2H3,(H,28,34). The Morgan fingerprint density at radius 1 is 1.08 bits per heavy atom. The number of amides is 2. The molecule has 3 heterocycles. The number of nitrogens with zero attached hydrogens (tertiary/aromatic N) is 4. The van der Waals surface area contributed by atoms with Crippen LogP contribution in [0.3, 0.4) is 0 Å². The molecule has 0 radical (unpaired) electrons. The maximum Gasteiger partial charge on any atom is 0.229 e. The minimum atomic E-state index is -0.652. The molecule has 36 heavy (non-hydrogen) atoms. The molecule has 1 atom stereocenters. The van der Waals surface area contributed by atoms with E-state index in [1.54, 1.807) is 30.3 Å². The van der Waals surface area contributed by atoms with E-state index in [4.69, 9.17) is 9.47 Å². The van der Waals surface area contributed by atoms with Crippen LogP contribution >= 0.6 is 0 Å². The number of halogens is 1. The molecule has 188 valence electrons. The number of hydrogen-bond acceptors (Lipinski definition) is 6. The van der Waals surface area contributed by atoms with Crippen molar-refractivity contribution in [1.29, 1.82) is 0 Å². The fourth-order valence-electron chi connectivity index (χ4n) is 4.82. The van der Waals surface area contributed by atoms with Crippen LogP contribution in [0.1, 0.15) is 31.5 Å². The fourth-order valence-corrected chi connectivity index (χ4v) is 4.82. The summed E-state index contributed by atoms with van der Waals surface area (Å²) in [4.78, 5) is 27.4. The van der Waals surface area contributed by atoms with Gasteiger partial charge in [-0.2, -0.15) is 0 Å². The van der Waals surface area contributed by atoms with Gasteiger partial charge in [-0.25, -0.2) is 4.39 Å². The Bertz CT molecular complexity index is 1310. The first-order chi connectivity index (χ1) is 17.5. The number of benzene rings is 2. The van der Waals surface area contributed by atoms with Crippen molar-refractivity contribution in [3.8, 4) is 22.9 Å². The van der Waals surface area contributed by atoms with Crippen LogP contribution in [0.2, 0.25) is 0 Å². The summed E-state index contributed by atoms with van der Waals surface area (Å²) in [6.45, 7) is 0.956. The second-order valence-electron chi connectivity index (χ2n) is 9.03. The van der Waals surface area contributed by atoms with Crippen molar-refractivity contribution in [3.63, 3.8) is 0 Å². The molecule has 0 aliphatic carbocycles. The van der Waals surface area contributed by atoms with Crippen LogP contribution in [-0.2, 0) is 22.6 Å². The summed E-state index contributed by atoms with van der Waals surface area (Å²) in [5, 5.41) is 11.3. The molecule has 1 aromatic heterocycles. The highest BCUT2D eigenvalue weighted by molar-refractivity contribution is 6.04. The number of methoxy groups -OCH3 is 2. The van der Waals surface area contributed by atoms with Crippen LogP contribution < -0.4 is 19.7 Å². The Hall–Kier alpha value is -3.95. The zero-order chi connectivity index (χ0) is 25.2. The maximum atomic E-state index is 14.7. The molecule has 1 fully saturated rings. The highest BCUT2D eigenvalue weighted by Gasteiger charge is 2.37. The highest BCUT2D eigenvalue weighted by Crippen LogP contribution is 2.36. The van der Waals surface area contributed by atoms with E-state index < -0.39 is 17.6 Å². The van der Waals surface area contributed by atoms with Gasteiger partial charge in [-0.15, -0.1) is 10.2 Å². The highest BCUT2D eigenvalue weighted by atomic mass is 19.1. The Morgan fingerprint density at radius 3 is 2.75 bits per heavy atom. The first kappa shape index (κ1) is 23.8. The van der Waals surface area contributed by atoms with Gasteiger partial charge in [0, 0.05) is 37.6 Å². The van der Waals surface area contributed by atoms with E-state index in [9.17, 15) is 14.0 Å². The number of rotatable bonds is 6. The summed E-state index contributed by atoms with van der Waals surface area (Å²) in [6, 6.07) is 9.67. The van der Waals surface area contributed by atoms with E-state index in [2.05, 4.69) is 20.1 Å². The molecular weight excluding hydrogens is 465 g/mol. The monoisotopic (exact) mass is 493 g/mol. The molecule has 1 saturated heterocycles. The van der Waals surface area contributed by atoms with Crippen molar-refractivity contribution < 1.29 is 23.5 Å². The maximum absolute atomic E-state index is 14.7. The molecule has 0 spiro atoms. The second kappa shape index (κ2) is 9.96. The van der Waals surface area contributed by atoms with Crippen molar-refractivity contribution in [2.45, 2.75) is 38.6 Å². The van der Waals surface area contributed by atoms with Crippen LogP contribution in [0.15, 0.2) is 36.4 Å². The summed E-state index contributed by atoms with van der Waals surface area (Å²) < 4.78 is 27.4. The van der Waals surface area contributed by atoms with Gasteiger partial charge in [0.05, 0.1) is 31.5 Å². The first-order valence-electron chi connectivity index (χ1n) is 12.0. The number of hydrogen-bond donors (Lipinski definition) is 1. The van der Waals surface area contributed by atoms with Gasteiger partial charge in [0.1, 0.15) is 23.1 Å². The van der Waals surface area contributed by atoms with Gasteiger partial charge in [-0.3, -0.25) is 9.59 Å². The molecule has 3 aromatic rings. The van der Waals surface area contributed by atoms with E-state index >= 15 is 0 Å². The Morgan fingerprint density at radius 2 is 1.94 bits per heavy atom. The van der Waals surface area contributed by atoms with Crippen molar-refractivity contribution in [2.75, 3.05) is 31.0 Å². The number of fused-ring (bicyclic) bond motifs is 1. The molecule has 5 rings (SSSR count). The van der Waals surface area contributed by atoms with Crippen LogP contribution in [0.4, 0.5) is 15.8 Å². The average Bonchev–Trinajstić information content (AvgIpc) is 3.40.